The smallest absolute Gasteiger partial charge is 0.212 e. The van der Waals surface area contributed by atoms with Crippen molar-refractivity contribution in [3.8, 4) is 0 Å². The van der Waals surface area contributed by atoms with Crippen molar-refractivity contribution in [3.05, 3.63) is 29.8 Å². The van der Waals surface area contributed by atoms with Crippen LogP contribution in [0.2, 0.25) is 0 Å². The summed E-state index contributed by atoms with van der Waals surface area (Å²) in [5.41, 5.74) is 0.986. The lowest BCUT2D eigenvalue weighted by atomic mass is 10.2. The minimum absolute atomic E-state index is 0.146. The van der Waals surface area contributed by atoms with E-state index in [9.17, 15) is 8.42 Å². The zero-order valence-corrected chi connectivity index (χ0v) is 9.20. The molecule has 0 aliphatic heterocycles. The third-order valence-corrected chi connectivity index (χ3v) is 4.39. The maximum absolute atomic E-state index is 11.4. The lowest BCUT2D eigenvalue weighted by molar-refractivity contribution is 0.598. The van der Waals surface area contributed by atoms with Gasteiger partial charge in [0.1, 0.15) is 0 Å². The number of sulfone groups is 1. The molecule has 0 saturated heterocycles. The van der Waals surface area contributed by atoms with Gasteiger partial charge in [-0.2, -0.15) is 0 Å². The highest BCUT2D eigenvalue weighted by Crippen LogP contribution is 2.21. The molecule has 0 atom stereocenters. The molecule has 0 N–H and O–H groups in total. The summed E-state index contributed by atoms with van der Waals surface area (Å²) in [7, 11) is -3.56. The SMILES string of the molecule is Cc1ccc(S(=O)(=O)C(Cl)Cl)cc1. The van der Waals surface area contributed by atoms with Crippen LogP contribution in [0, 0.1) is 6.92 Å². The van der Waals surface area contributed by atoms with Crippen molar-refractivity contribution >= 4 is 33.0 Å². The zero-order valence-electron chi connectivity index (χ0n) is 6.87. The standard InChI is InChI=1S/C8H8Cl2O2S/c1-6-2-4-7(5-3-6)13(11,12)8(9)10/h2-5,8H,1H3. The van der Waals surface area contributed by atoms with E-state index in [1.54, 1.807) is 12.1 Å². The van der Waals surface area contributed by atoms with E-state index in [0.717, 1.165) is 5.56 Å². The Balaban J connectivity index is 3.17. The quantitative estimate of drug-likeness (QED) is 0.743. The van der Waals surface area contributed by atoms with E-state index < -0.39 is 14.0 Å². The van der Waals surface area contributed by atoms with Crippen LogP contribution in [0.15, 0.2) is 29.2 Å². The first-order valence-electron chi connectivity index (χ1n) is 3.53. The second-order valence-corrected chi connectivity index (χ2v) is 6.27. The molecule has 2 nitrogen and oxygen atoms in total. The molecule has 1 rings (SSSR count). The molecule has 5 heteroatoms. The minimum Gasteiger partial charge on any atom is -0.221 e. The summed E-state index contributed by atoms with van der Waals surface area (Å²) in [5.74, 6) is 0. The third kappa shape index (κ3) is 2.36. The molecule has 1 aromatic carbocycles. The van der Waals surface area contributed by atoms with E-state index in [-0.39, 0.29) is 4.90 Å². The Kier molecular flexibility index (Phi) is 3.22. The fourth-order valence-electron chi connectivity index (χ4n) is 0.831. The summed E-state index contributed by atoms with van der Waals surface area (Å²) in [5, 5.41) is 0. The van der Waals surface area contributed by atoms with Gasteiger partial charge in [0.25, 0.3) is 0 Å². The van der Waals surface area contributed by atoms with Gasteiger partial charge < -0.3 is 0 Å². The number of hydrogen-bond acceptors (Lipinski definition) is 2. The summed E-state index contributed by atoms with van der Waals surface area (Å²) >= 11 is 10.6. The van der Waals surface area contributed by atoms with Gasteiger partial charge in [-0.1, -0.05) is 40.9 Å². The summed E-state index contributed by atoms with van der Waals surface area (Å²) in [6, 6.07) is 6.37. The highest BCUT2D eigenvalue weighted by molar-refractivity contribution is 7.94. The van der Waals surface area contributed by atoms with Crippen molar-refractivity contribution in [2.24, 2.45) is 0 Å². The molecule has 0 fully saturated rings. The number of hydrogen-bond donors (Lipinski definition) is 0. The highest BCUT2D eigenvalue weighted by atomic mass is 35.5. The molecule has 0 aliphatic rings. The molecule has 0 aromatic heterocycles. The Morgan fingerprint density at radius 3 is 2.00 bits per heavy atom. The van der Waals surface area contributed by atoms with Crippen LogP contribution >= 0.6 is 23.2 Å². The zero-order chi connectivity index (χ0) is 10.1. The van der Waals surface area contributed by atoms with Crippen molar-refractivity contribution in [1.82, 2.24) is 0 Å². The number of alkyl halides is 2. The van der Waals surface area contributed by atoms with Gasteiger partial charge in [-0.15, -0.1) is 0 Å². The Hall–Kier alpha value is -0.250. The maximum Gasteiger partial charge on any atom is 0.212 e. The van der Waals surface area contributed by atoms with Crippen LogP contribution in [0.1, 0.15) is 5.56 Å². The van der Waals surface area contributed by atoms with Crippen molar-refractivity contribution in [1.29, 1.82) is 0 Å². The van der Waals surface area contributed by atoms with Gasteiger partial charge in [-0.25, -0.2) is 8.42 Å². The van der Waals surface area contributed by atoms with Crippen LogP contribution in [-0.2, 0) is 9.84 Å². The first-order valence-corrected chi connectivity index (χ1v) is 5.95. The fourth-order valence-corrected chi connectivity index (χ4v) is 2.17. The molecule has 0 amide bonds. The van der Waals surface area contributed by atoms with Crippen LogP contribution < -0.4 is 0 Å². The minimum atomic E-state index is -3.56. The van der Waals surface area contributed by atoms with Gasteiger partial charge in [0, 0.05) is 0 Å². The number of rotatable bonds is 2. The lowest BCUT2D eigenvalue weighted by Gasteiger charge is -2.04. The predicted molar refractivity (Wildman–Crippen MR) is 53.9 cm³/mol. The average Bonchev–Trinajstić information content (AvgIpc) is 2.04. The molecule has 72 valence electrons. The first-order chi connectivity index (χ1) is 5.94. The van der Waals surface area contributed by atoms with Crippen molar-refractivity contribution in [2.45, 2.75) is 16.0 Å². The average molecular weight is 239 g/mol. The van der Waals surface area contributed by atoms with Crippen molar-refractivity contribution in [3.63, 3.8) is 0 Å². The topological polar surface area (TPSA) is 34.1 Å². The highest BCUT2D eigenvalue weighted by Gasteiger charge is 2.22. The van der Waals surface area contributed by atoms with Crippen molar-refractivity contribution < 1.29 is 8.42 Å². The maximum atomic E-state index is 11.4. The van der Waals surface area contributed by atoms with E-state index in [1.165, 1.54) is 12.1 Å². The Morgan fingerprint density at radius 1 is 1.15 bits per heavy atom. The number of benzene rings is 1. The van der Waals surface area contributed by atoms with Gasteiger partial charge >= 0.3 is 0 Å². The van der Waals surface area contributed by atoms with Gasteiger partial charge in [0.15, 0.2) is 0 Å². The monoisotopic (exact) mass is 238 g/mol. The summed E-state index contributed by atoms with van der Waals surface area (Å²) in [4.78, 5) is 0.146. The van der Waals surface area contributed by atoms with Crippen LogP contribution in [0.25, 0.3) is 0 Å². The molecule has 0 bridgehead atoms. The second-order valence-electron chi connectivity index (χ2n) is 2.62. The Labute approximate surface area is 87.4 Å². The Bertz CT molecular complexity index is 381. The number of halogens is 2. The lowest BCUT2D eigenvalue weighted by Crippen LogP contribution is -2.09. The molecule has 0 aliphatic carbocycles. The normalized spacial score (nSPS) is 12.0. The van der Waals surface area contributed by atoms with Crippen molar-refractivity contribution in [2.75, 3.05) is 0 Å². The van der Waals surface area contributed by atoms with E-state index >= 15 is 0 Å². The molecular weight excluding hydrogens is 231 g/mol. The van der Waals surface area contributed by atoms with E-state index in [4.69, 9.17) is 23.2 Å². The molecule has 0 heterocycles. The molecule has 0 unspecified atom stereocenters. The van der Waals surface area contributed by atoms with Gasteiger partial charge in [-0.05, 0) is 19.1 Å². The van der Waals surface area contributed by atoms with Gasteiger partial charge in [-0.3, -0.25) is 0 Å². The van der Waals surface area contributed by atoms with E-state index in [2.05, 4.69) is 0 Å². The molecule has 1 aromatic rings. The van der Waals surface area contributed by atoms with Crippen LogP contribution in [0.3, 0.4) is 0 Å². The summed E-state index contributed by atoms with van der Waals surface area (Å²) in [6.45, 7) is 1.87. The molecule has 0 spiro atoms. The van der Waals surface area contributed by atoms with Crippen LogP contribution in [0.4, 0.5) is 0 Å². The van der Waals surface area contributed by atoms with E-state index in [0.29, 0.717) is 0 Å². The third-order valence-electron chi connectivity index (χ3n) is 1.58. The number of aryl methyl sites for hydroxylation is 1. The molecular formula is C8H8Cl2O2S. The van der Waals surface area contributed by atoms with Crippen LogP contribution in [0.5, 0.6) is 0 Å². The molecule has 0 saturated carbocycles. The Morgan fingerprint density at radius 2 is 1.62 bits per heavy atom. The second kappa shape index (κ2) is 3.86. The molecule has 0 radical (unpaired) electrons. The van der Waals surface area contributed by atoms with Crippen LogP contribution in [-0.4, -0.2) is 12.6 Å². The van der Waals surface area contributed by atoms with Gasteiger partial charge in [0.05, 0.1) is 4.90 Å². The molecule has 13 heavy (non-hydrogen) atoms. The predicted octanol–water partition coefficient (Wildman–Crippen LogP) is 2.53. The van der Waals surface area contributed by atoms with Gasteiger partial charge in [0.2, 0.25) is 14.0 Å². The first kappa shape index (κ1) is 10.8. The summed E-state index contributed by atoms with van der Waals surface area (Å²) in [6.07, 6.45) is 0. The fraction of sp³-hybridized carbons (Fsp3) is 0.250. The largest absolute Gasteiger partial charge is 0.221 e. The van der Waals surface area contributed by atoms with E-state index in [1.807, 2.05) is 6.92 Å². The summed E-state index contributed by atoms with van der Waals surface area (Å²) < 4.78 is 21.4.